The van der Waals surface area contributed by atoms with Crippen LogP contribution in [0.3, 0.4) is 0 Å². The van der Waals surface area contributed by atoms with Gasteiger partial charge in [0.15, 0.2) is 5.82 Å². The minimum atomic E-state index is -0.506. The van der Waals surface area contributed by atoms with E-state index in [0.717, 1.165) is 39.2 Å². The first-order valence-corrected chi connectivity index (χ1v) is 20.4. The smallest absolute Gasteiger partial charge is 0.160 e. The van der Waals surface area contributed by atoms with E-state index in [2.05, 4.69) is 199 Å². The monoisotopic (exact) mass is 757 g/mol. The van der Waals surface area contributed by atoms with Gasteiger partial charge in [0.25, 0.3) is 0 Å². The molecule has 0 atom stereocenters. The maximum atomic E-state index is 5.41. The highest BCUT2D eigenvalue weighted by Gasteiger charge is 2.46. The van der Waals surface area contributed by atoms with Crippen LogP contribution >= 0.6 is 11.3 Å². The summed E-state index contributed by atoms with van der Waals surface area (Å²) < 4.78 is 1.29. The lowest BCUT2D eigenvalue weighted by atomic mass is 9.67. The molecule has 0 fully saturated rings. The molecule has 1 aliphatic carbocycles. The van der Waals surface area contributed by atoms with Crippen LogP contribution in [0.25, 0.3) is 76.7 Å². The first-order chi connectivity index (χ1) is 28.7. The SMILES string of the molecule is c1ccc(C2(c3ccccc3)c3ccccc3-c3c(-c4cc(-c5ccc(-c6cc7ccccc7s6)cc5)nc(-c5ccc(-c6cccnc6)cc5)n4)cccc32)cc1. The maximum Gasteiger partial charge on any atom is 0.160 e. The Bertz CT molecular complexity index is 3010. The van der Waals surface area contributed by atoms with Crippen LogP contribution in [0, 0.1) is 0 Å². The van der Waals surface area contributed by atoms with E-state index in [1.807, 2.05) is 23.6 Å². The van der Waals surface area contributed by atoms with E-state index in [0.29, 0.717) is 5.82 Å². The molecule has 0 N–H and O–H groups in total. The normalized spacial score (nSPS) is 12.6. The highest BCUT2D eigenvalue weighted by Crippen LogP contribution is 2.58. The van der Waals surface area contributed by atoms with Crippen molar-refractivity contribution in [3.8, 4) is 66.6 Å². The molecule has 1 aliphatic rings. The van der Waals surface area contributed by atoms with E-state index in [4.69, 9.17) is 9.97 Å². The summed E-state index contributed by atoms with van der Waals surface area (Å²) in [5, 5.41) is 1.27. The molecule has 0 spiro atoms. The van der Waals surface area contributed by atoms with Crippen molar-refractivity contribution in [2.45, 2.75) is 5.41 Å². The molecule has 58 heavy (non-hydrogen) atoms. The summed E-state index contributed by atoms with van der Waals surface area (Å²) >= 11 is 1.82. The molecule has 3 nitrogen and oxygen atoms in total. The molecule has 272 valence electrons. The predicted molar refractivity (Wildman–Crippen MR) is 240 cm³/mol. The van der Waals surface area contributed by atoms with Crippen LogP contribution < -0.4 is 0 Å². The summed E-state index contributed by atoms with van der Waals surface area (Å²) in [6.07, 6.45) is 3.70. The molecule has 0 aliphatic heterocycles. The molecule has 4 heteroatoms. The van der Waals surface area contributed by atoms with Crippen LogP contribution in [0.4, 0.5) is 0 Å². The summed E-state index contributed by atoms with van der Waals surface area (Å²) in [5.74, 6) is 0.681. The molecule has 0 saturated carbocycles. The van der Waals surface area contributed by atoms with E-state index in [-0.39, 0.29) is 0 Å². The molecule has 0 radical (unpaired) electrons. The molecular formula is C54H35N3S. The van der Waals surface area contributed by atoms with E-state index in [9.17, 15) is 0 Å². The lowest BCUT2D eigenvalue weighted by Crippen LogP contribution is -2.28. The number of fused-ring (bicyclic) bond motifs is 4. The number of nitrogens with zero attached hydrogens (tertiary/aromatic N) is 3. The Morgan fingerprint density at radius 1 is 0.414 bits per heavy atom. The second-order valence-corrected chi connectivity index (χ2v) is 15.8. The van der Waals surface area contributed by atoms with Gasteiger partial charge in [-0.25, -0.2) is 9.97 Å². The second-order valence-electron chi connectivity index (χ2n) is 14.8. The van der Waals surface area contributed by atoms with Crippen molar-refractivity contribution in [3.63, 3.8) is 0 Å². The minimum Gasteiger partial charge on any atom is -0.264 e. The quantitative estimate of drug-likeness (QED) is 0.162. The topological polar surface area (TPSA) is 38.7 Å². The standard InChI is InChI=1S/C54H35N3S/c1-3-15-42(16-4-1)54(43-17-5-2-6-18-43)46-21-9-8-19-44(46)52-45(20-11-22-47(52)54)49-34-48(37-26-28-38(29-27-37)51-33-40-13-7-10-23-50(40)58-51)56-53(57-49)39-30-24-36(25-31-39)41-14-12-32-55-35-41/h1-35H. The van der Waals surface area contributed by atoms with Crippen LogP contribution in [0.1, 0.15) is 22.3 Å². The van der Waals surface area contributed by atoms with Gasteiger partial charge in [0.1, 0.15) is 0 Å². The van der Waals surface area contributed by atoms with Crippen molar-refractivity contribution in [1.29, 1.82) is 0 Å². The van der Waals surface area contributed by atoms with Gasteiger partial charge >= 0.3 is 0 Å². The highest BCUT2D eigenvalue weighted by molar-refractivity contribution is 7.22. The van der Waals surface area contributed by atoms with Gasteiger partial charge in [0, 0.05) is 38.7 Å². The van der Waals surface area contributed by atoms with Gasteiger partial charge in [-0.3, -0.25) is 4.98 Å². The second kappa shape index (κ2) is 14.0. The average molecular weight is 758 g/mol. The third-order valence-electron chi connectivity index (χ3n) is 11.5. The molecule has 0 amide bonds. The van der Waals surface area contributed by atoms with Gasteiger partial charge in [-0.1, -0.05) is 176 Å². The first-order valence-electron chi connectivity index (χ1n) is 19.6. The average Bonchev–Trinajstić information content (AvgIpc) is 3.88. The van der Waals surface area contributed by atoms with E-state index < -0.39 is 5.41 Å². The fourth-order valence-corrected chi connectivity index (χ4v) is 9.91. The van der Waals surface area contributed by atoms with E-state index >= 15 is 0 Å². The largest absolute Gasteiger partial charge is 0.264 e. The first kappa shape index (κ1) is 34.0. The summed E-state index contributed by atoms with van der Waals surface area (Å²) in [6, 6.07) is 71.9. The van der Waals surface area contributed by atoms with Crippen LogP contribution in [0.5, 0.6) is 0 Å². The third-order valence-corrected chi connectivity index (χ3v) is 12.7. The number of pyridine rings is 1. The van der Waals surface area contributed by atoms with Gasteiger partial charge in [-0.05, 0) is 79.7 Å². The zero-order valence-corrected chi connectivity index (χ0v) is 32.3. The van der Waals surface area contributed by atoms with Crippen molar-refractivity contribution in [1.82, 2.24) is 15.0 Å². The van der Waals surface area contributed by atoms with Crippen molar-refractivity contribution >= 4 is 21.4 Å². The fraction of sp³-hybridized carbons (Fsp3) is 0.0185. The lowest BCUT2D eigenvalue weighted by Gasteiger charge is -2.33. The van der Waals surface area contributed by atoms with Crippen molar-refractivity contribution in [2.24, 2.45) is 0 Å². The van der Waals surface area contributed by atoms with Crippen molar-refractivity contribution in [3.05, 3.63) is 235 Å². The van der Waals surface area contributed by atoms with E-state index in [1.54, 1.807) is 6.20 Å². The maximum absolute atomic E-state index is 5.41. The molecule has 0 unspecified atom stereocenters. The minimum absolute atomic E-state index is 0.506. The Hall–Kier alpha value is -7.27. The van der Waals surface area contributed by atoms with Crippen LogP contribution in [0.2, 0.25) is 0 Å². The summed E-state index contributed by atoms with van der Waals surface area (Å²) in [5.41, 5.74) is 15.1. The molecule has 0 bridgehead atoms. The Morgan fingerprint density at radius 2 is 1.03 bits per heavy atom. The highest BCUT2D eigenvalue weighted by atomic mass is 32.1. The number of hydrogen-bond donors (Lipinski definition) is 0. The number of benzene rings is 7. The Kier molecular flexibility index (Phi) is 8.23. The molecule has 3 heterocycles. The van der Waals surface area contributed by atoms with Gasteiger partial charge in [0.05, 0.1) is 16.8 Å². The van der Waals surface area contributed by atoms with Crippen LogP contribution in [-0.4, -0.2) is 15.0 Å². The van der Waals surface area contributed by atoms with Crippen LogP contribution in [-0.2, 0) is 5.41 Å². The van der Waals surface area contributed by atoms with Gasteiger partial charge in [-0.2, -0.15) is 0 Å². The van der Waals surface area contributed by atoms with Crippen molar-refractivity contribution in [2.75, 3.05) is 0 Å². The Morgan fingerprint density at radius 3 is 1.78 bits per heavy atom. The summed E-state index contributed by atoms with van der Waals surface area (Å²) in [7, 11) is 0. The molecule has 0 saturated heterocycles. The van der Waals surface area contributed by atoms with Crippen molar-refractivity contribution < 1.29 is 0 Å². The number of aromatic nitrogens is 3. The number of hydrogen-bond acceptors (Lipinski definition) is 4. The molecule has 7 aromatic carbocycles. The zero-order valence-electron chi connectivity index (χ0n) is 31.5. The Balaban J connectivity index is 1.11. The summed E-state index contributed by atoms with van der Waals surface area (Å²) in [6.45, 7) is 0. The number of rotatable bonds is 7. The van der Waals surface area contributed by atoms with Gasteiger partial charge in [-0.15, -0.1) is 11.3 Å². The molecule has 3 aromatic heterocycles. The van der Waals surface area contributed by atoms with E-state index in [1.165, 1.54) is 53.9 Å². The zero-order chi connectivity index (χ0) is 38.5. The molecule has 11 rings (SSSR count). The lowest BCUT2D eigenvalue weighted by molar-refractivity contribution is 0.768. The van der Waals surface area contributed by atoms with Gasteiger partial charge < -0.3 is 0 Å². The Labute approximate surface area is 341 Å². The molecular weight excluding hydrogens is 723 g/mol. The molecule has 10 aromatic rings. The van der Waals surface area contributed by atoms with Gasteiger partial charge in [0.2, 0.25) is 0 Å². The predicted octanol–water partition coefficient (Wildman–Crippen LogP) is 13.8. The number of thiophene rings is 1. The van der Waals surface area contributed by atoms with Crippen LogP contribution in [0.15, 0.2) is 213 Å². The third kappa shape index (κ3) is 5.61. The summed E-state index contributed by atoms with van der Waals surface area (Å²) in [4.78, 5) is 16.3. The fourth-order valence-electron chi connectivity index (χ4n) is 8.84.